The molecular weight excluding hydrogens is 190 g/mol. The van der Waals surface area contributed by atoms with Gasteiger partial charge in [-0.05, 0) is 19.9 Å². The van der Waals surface area contributed by atoms with Crippen molar-refractivity contribution in [2.45, 2.75) is 38.8 Å². The van der Waals surface area contributed by atoms with Crippen LogP contribution in [0.4, 0.5) is 0 Å². The van der Waals surface area contributed by atoms with E-state index in [4.69, 9.17) is 5.11 Å². The first kappa shape index (κ1) is 12.2. The summed E-state index contributed by atoms with van der Waals surface area (Å²) in [6.45, 7) is 3.26. The van der Waals surface area contributed by atoms with Gasteiger partial charge in [-0.1, -0.05) is 6.92 Å². The quantitative estimate of drug-likeness (QED) is 0.701. The highest BCUT2D eigenvalue weighted by Crippen LogP contribution is 2.04. The zero-order valence-corrected chi connectivity index (χ0v) is 9.61. The molecule has 86 valence electrons. The minimum absolute atomic E-state index is 0.226. The highest BCUT2D eigenvalue weighted by molar-refractivity contribution is 4.93. The molecule has 1 aromatic rings. The molecule has 1 rings (SSSR count). The summed E-state index contributed by atoms with van der Waals surface area (Å²) in [5, 5.41) is 12.1. The Hall–Kier alpha value is -0.870. The molecule has 4 heteroatoms. The zero-order chi connectivity index (χ0) is 11.1. The van der Waals surface area contributed by atoms with Crippen LogP contribution in [0.25, 0.3) is 0 Å². The average molecular weight is 211 g/mol. The standard InChI is InChI=1S/C11H21N3O/c1-3-4-11-13-6-7-14(11)9-10(12-2)5-8-15/h6-7,10,12,15H,3-5,8-9H2,1-2H3. The first-order chi connectivity index (χ1) is 7.31. The van der Waals surface area contributed by atoms with Crippen molar-refractivity contribution in [1.29, 1.82) is 0 Å². The average Bonchev–Trinajstić information content (AvgIpc) is 2.66. The summed E-state index contributed by atoms with van der Waals surface area (Å²) in [5.74, 6) is 1.13. The third-order valence-electron chi connectivity index (χ3n) is 2.58. The number of aliphatic hydroxyl groups is 1. The number of aromatic nitrogens is 2. The minimum Gasteiger partial charge on any atom is -0.396 e. The van der Waals surface area contributed by atoms with Crippen molar-refractivity contribution < 1.29 is 5.11 Å². The van der Waals surface area contributed by atoms with Gasteiger partial charge in [0.1, 0.15) is 5.82 Å². The van der Waals surface area contributed by atoms with Gasteiger partial charge in [0.2, 0.25) is 0 Å². The molecule has 1 aromatic heterocycles. The molecule has 0 aromatic carbocycles. The van der Waals surface area contributed by atoms with Crippen molar-refractivity contribution >= 4 is 0 Å². The van der Waals surface area contributed by atoms with Gasteiger partial charge in [-0.25, -0.2) is 4.98 Å². The van der Waals surface area contributed by atoms with Crippen molar-refractivity contribution in [3.05, 3.63) is 18.2 Å². The van der Waals surface area contributed by atoms with Crippen LogP contribution in [-0.2, 0) is 13.0 Å². The maximum absolute atomic E-state index is 8.90. The Morgan fingerprint density at radius 1 is 1.60 bits per heavy atom. The second kappa shape index (κ2) is 6.58. The molecule has 1 unspecified atom stereocenters. The molecule has 0 spiro atoms. The van der Waals surface area contributed by atoms with Crippen LogP contribution in [0.1, 0.15) is 25.6 Å². The summed E-state index contributed by atoms with van der Waals surface area (Å²) in [6, 6.07) is 0.319. The molecule has 15 heavy (non-hydrogen) atoms. The fourth-order valence-electron chi connectivity index (χ4n) is 1.68. The molecule has 4 nitrogen and oxygen atoms in total. The number of hydrogen-bond donors (Lipinski definition) is 2. The number of aliphatic hydroxyl groups excluding tert-OH is 1. The third kappa shape index (κ3) is 3.64. The van der Waals surface area contributed by atoms with Crippen LogP contribution >= 0.6 is 0 Å². The second-order valence-electron chi connectivity index (χ2n) is 3.74. The first-order valence-electron chi connectivity index (χ1n) is 5.60. The molecule has 0 saturated carbocycles. The molecule has 1 heterocycles. The summed E-state index contributed by atoms with van der Waals surface area (Å²) in [5.41, 5.74) is 0. The van der Waals surface area contributed by atoms with E-state index in [-0.39, 0.29) is 6.61 Å². The van der Waals surface area contributed by atoms with E-state index in [1.165, 1.54) is 0 Å². The Balaban J connectivity index is 2.57. The van der Waals surface area contributed by atoms with Crippen LogP contribution < -0.4 is 5.32 Å². The van der Waals surface area contributed by atoms with E-state index in [2.05, 4.69) is 21.8 Å². The van der Waals surface area contributed by atoms with Gasteiger partial charge in [0.05, 0.1) is 0 Å². The van der Waals surface area contributed by atoms with Gasteiger partial charge in [-0.3, -0.25) is 0 Å². The highest BCUT2D eigenvalue weighted by atomic mass is 16.3. The SMILES string of the molecule is CCCc1nccn1CC(CCO)NC. The van der Waals surface area contributed by atoms with E-state index in [9.17, 15) is 0 Å². The molecule has 0 aliphatic rings. The Kier molecular flexibility index (Phi) is 5.36. The lowest BCUT2D eigenvalue weighted by molar-refractivity contribution is 0.260. The Bertz CT molecular complexity index is 273. The number of aryl methyl sites for hydroxylation is 1. The van der Waals surface area contributed by atoms with Gasteiger partial charge < -0.3 is 15.0 Å². The smallest absolute Gasteiger partial charge is 0.108 e. The number of rotatable bonds is 7. The molecule has 0 amide bonds. The Morgan fingerprint density at radius 2 is 2.40 bits per heavy atom. The van der Waals surface area contributed by atoms with Crippen LogP contribution in [-0.4, -0.2) is 34.4 Å². The van der Waals surface area contributed by atoms with Gasteiger partial charge in [-0.2, -0.15) is 0 Å². The number of nitrogens with zero attached hydrogens (tertiary/aromatic N) is 2. The number of nitrogens with one attached hydrogen (secondary N) is 1. The fourth-order valence-corrected chi connectivity index (χ4v) is 1.68. The zero-order valence-electron chi connectivity index (χ0n) is 9.61. The van der Waals surface area contributed by atoms with Gasteiger partial charge in [0.15, 0.2) is 0 Å². The summed E-state index contributed by atoms with van der Waals surface area (Å²) in [4.78, 5) is 4.33. The van der Waals surface area contributed by atoms with E-state index >= 15 is 0 Å². The lowest BCUT2D eigenvalue weighted by Crippen LogP contribution is -2.31. The van der Waals surface area contributed by atoms with Crippen LogP contribution in [0.5, 0.6) is 0 Å². The fraction of sp³-hybridized carbons (Fsp3) is 0.727. The lowest BCUT2D eigenvalue weighted by Gasteiger charge is -2.17. The third-order valence-corrected chi connectivity index (χ3v) is 2.58. The van der Waals surface area contributed by atoms with E-state index in [0.717, 1.165) is 31.6 Å². The topological polar surface area (TPSA) is 50.1 Å². The van der Waals surface area contributed by atoms with Gasteiger partial charge in [0, 0.05) is 38.0 Å². The van der Waals surface area contributed by atoms with Crippen molar-refractivity contribution in [3.63, 3.8) is 0 Å². The predicted octanol–water partition coefficient (Wildman–Crippen LogP) is 0.806. The predicted molar refractivity (Wildman–Crippen MR) is 60.8 cm³/mol. The minimum atomic E-state index is 0.226. The van der Waals surface area contributed by atoms with Gasteiger partial charge >= 0.3 is 0 Å². The summed E-state index contributed by atoms with van der Waals surface area (Å²) >= 11 is 0. The summed E-state index contributed by atoms with van der Waals surface area (Å²) < 4.78 is 2.17. The lowest BCUT2D eigenvalue weighted by atomic mass is 10.2. The summed E-state index contributed by atoms with van der Waals surface area (Å²) in [6.07, 6.45) is 6.76. The normalized spacial score (nSPS) is 13.0. The van der Waals surface area contributed by atoms with Crippen LogP contribution in [0.15, 0.2) is 12.4 Å². The van der Waals surface area contributed by atoms with Gasteiger partial charge in [0.25, 0.3) is 0 Å². The molecule has 0 fully saturated rings. The number of hydrogen-bond acceptors (Lipinski definition) is 3. The largest absolute Gasteiger partial charge is 0.396 e. The van der Waals surface area contributed by atoms with Gasteiger partial charge in [-0.15, -0.1) is 0 Å². The van der Waals surface area contributed by atoms with E-state index in [0.29, 0.717) is 6.04 Å². The Labute approximate surface area is 91.3 Å². The summed E-state index contributed by atoms with van der Waals surface area (Å²) in [7, 11) is 1.93. The van der Waals surface area contributed by atoms with E-state index < -0.39 is 0 Å². The monoisotopic (exact) mass is 211 g/mol. The maximum Gasteiger partial charge on any atom is 0.108 e. The molecule has 1 atom stereocenters. The van der Waals surface area contributed by atoms with Crippen molar-refractivity contribution in [1.82, 2.24) is 14.9 Å². The van der Waals surface area contributed by atoms with E-state index in [1.807, 2.05) is 19.4 Å². The van der Waals surface area contributed by atoms with Crippen molar-refractivity contribution in [2.75, 3.05) is 13.7 Å². The van der Waals surface area contributed by atoms with Crippen LogP contribution in [0, 0.1) is 0 Å². The number of likely N-dealkylation sites (N-methyl/N-ethyl adjacent to an activating group) is 1. The van der Waals surface area contributed by atoms with Crippen molar-refractivity contribution in [2.24, 2.45) is 0 Å². The molecule has 0 radical (unpaired) electrons. The van der Waals surface area contributed by atoms with Crippen LogP contribution in [0.2, 0.25) is 0 Å². The molecule has 0 bridgehead atoms. The van der Waals surface area contributed by atoms with E-state index in [1.54, 1.807) is 0 Å². The van der Waals surface area contributed by atoms with Crippen molar-refractivity contribution in [3.8, 4) is 0 Å². The molecule has 0 aliphatic carbocycles. The number of imidazole rings is 1. The molecule has 0 aliphatic heterocycles. The molecule has 0 saturated heterocycles. The highest BCUT2D eigenvalue weighted by Gasteiger charge is 2.08. The first-order valence-corrected chi connectivity index (χ1v) is 5.60. The van der Waals surface area contributed by atoms with Crippen LogP contribution in [0.3, 0.4) is 0 Å². The second-order valence-corrected chi connectivity index (χ2v) is 3.74. The maximum atomic E-state index is 8.90. The molecule has 2 N–H and O–H groups in total. The molecular formula is C11H21N3O. The Morgan fingerprint density at radius 3 is 3.00 bits per heavy atom.